The first-order valence-electron chi connectivity index (χ1n) is 19.3. The number of aromatic nitrogens is 1. The van der Waals surface area contributed by atoms with Gasteiger partial charge in [-0.3, -0.25) is 5.32 Å². The minimum Gasteiger partial charge on any atom is -0.456 e. The molecule has 2 unspecified atom stereocenters. The van der Waals surface area contributed by atoms with Gasteiger partial charge < -0.3 is 18.7 Å². The second-order valence-electron chi connectivity index (χ2n) is 14.8. The number of para-hydroxylation sites is 3. The minimum atomic E-state index is -0.240. The molecule has 0 radical (unpaired) electrons. The molecular weight excluding hydrogens is 701 g/mol. The first-order valence-corrected chi connectivity index (χ1v) is 19.3. The Balaban J connectivity index is 0.942. The molecule has 11 aromatic rings. The van der Waals surface area contributed by atoms with Crippen molar-refractivity contribution in [3.8, 4) is 16.8 Å². The van der Waals surface area contributed by atoms with Crippen molar-refractivity contribution in [1.29, 1.82) is 0 Å². The summed E-state index contributed by atoms with van der Waals surface area (Å²) in [6.07, 6.45) is -0.471. The molecule has 0 saturated heterocycles. The Morgan fingerprint density at radius 1 is 0.456 bits per heavy atom. The fraction of sp³-hybridized carbons (Fsp3) is 0.0392. The number of hydrogen-bond donors (Lipinski definition) is 2. The highest BCUT2D eigenvalue weighted by Crippen LogP contribution is 2.40. The number of furan rings is 2. The normalized spacial score (nSPS) is 15.9. The molecule has 1 aliphatic heterocycles. The van der Waals surface area contributed by atoms with E-state index >= 15 is 0 Å². The van der Waals surface area contributed by atoms with Crippen LogP contribution < -0.4 is 10.6 Å². The van der Waals surface area contributed by atoms with E-state index < -0.39 is 0 Å². The lowest BCUT2D eigenvalue weighted by Crippen LogP contribution is -2.45. The van der Waals surface area contributed by atoms with Gasteiger partial charge in [-0.25, -0.2) is 4.99 Å². The highest BCUT2D eigenvalue weighted by Gasteiger charge is 2.28. The van der Waals surface area contributed by atoms with Crippen molar-refractivity contribution in [3.05, 3.63) is 199 Å². The SMILES string of the molecule is c1ccc(C2=NC(c3ccccc3)NC(c3cccc4c3oc3cc(-c5ccc6oc7ccc(-n8c9ccccc9c9ccccc98)cc7c6c5)ccc34)N2)cc1. The van der Waals surface area contributed by atoms with Crippen LogP contribution in [0.25, 0.3) is 82.5 Å². The molecule has 6 nitrogen and oxygen atoms in total. The van der Waals surface area contributed by atoms with Gasteiger partial charge in [-0.1, -0.05) is 127 Å². The van der Waals surface area contributed by atoms with Crippen LogP contribution in [0.4, 0.5) is 0 Å². The first-order chi connectivity index (χ1) is 28.2. The standard InChI is InChI=1S/C51H34N4O2/c1-3-12-31(13-4-1)49-52-50(32-14-5-2-6-15-32)54-51(53-49)40-19-11-18-39-38-25-22-34(29-47(38)57-48(39)40)33-23-26-45-41(28-33)42-30-35(24-27-46(42)56-45)55-43-20-9-7-16-36(43)37-17-8-10-21-44(37)55/h1-30,49,51,53H,(H,52,54). The molecule has 6 heteroatoms. The van der Waals surface area contributed by atoms with E-state index in [9.17, 15) is 0 Å². The lowest BCUT2D eigenvalue weighted by atomic mass is 10.0. The molecule has 1 aliphatic rings. The van der Waals surface area contributed by atoms with Crippen LogP contribution in [0.3, 0.4) is 0 Å². The highest BCUT2D eigenvalue weighted by molar-refractivity contribution is 6.12. The fourth-order valence-corrected chi connectivity index (χ4v) is 8.78. The summed E-state index contributed by atoms with van der Waals surface area (Å²) in [7, 11) is 0. The molecule has 0 spiro atoms. The van der Waals surface area contributed by atoms with Crippen molar-refractivity contribution in [2.24, 2.45) is 4.99 Å². The van der Waals surface area contributed by atoms with E-state index in [2.05, 4.69) is 173 Å². The Morgan fingerprint density at radius 2 is 1.11 bits per heavy atom. The summed E-state index contributed by atoms with van der Waals surface area (Å²) < 4.78 is 15.6. The van der Waals surface area contributed by atoms with E-state index in [1.54, 1.807) is 0 Å². The summed E-state index contributed by atoms with van der Waals surface area (Å²) in [5.41, 5.74) is 12.2. The third-order valence-corrected chi connectivity index (χ3v) is 11.5. The Labute approximate surface area is 327 Å². The van der Waals surface area contributed by atoms with Gasteiger partial charge in [0.2, 0.25) is 0 Å². The number of rotatable bonds is 5. The van der Waals surface area contributed by atoms with Crippen molar-refractivity contribution < 1.29 is 8.83 Å². The zero-order valence-corrected chi connectivity index (χ0v) is 30.7. The predicted molar refractivity (Wildman–Crippen MR) is 232 cm³/mol. The second kappa shape index (κ2) is 12.6. The molecule has 0 amide bonds. The fourth-order valence-electron chi connectivity index (χ4n) is 8.78. The molecule has 2 N–H and O–H groups in total. The maximum atomic E-state index is 6.81. The highest BCUT2D eigenvalue weighted by atomic mass is 16.3. The van der Waals surface area contributed by atoms with Gasteiger partial charge in [0, 0.05) is 49.1 Å². The van der Waals surface area contributed by atoms with Gasteiger partial charge in [-0.15, -0.1) is 0 Å². The number of fused-ring (bicyclic) bond motifs is 9. The summed E-state index contributed by atoms with van der Waals surface area (Å²) in [4.78, 5) is 5.10. The van der Waals surface area contributed by atoms with E-state index in [4.69, 9.17) is 13.8 Å². The van der Waals surface area contributed by atoms with Crippen LogP contribution in [-0.4, -0.2) is 10.4 Å². The van der Waals surface area contributed by atoms with Crippen LogP contribution in [0.5, 0.6) is 0 Å². The van der Waals surface area contributed by atoms with Gasteiger partial charge in [0.1, 0.15) is 40.5 Å². The van der Waals surface area contributed by atoms with Gasteiger partial charge >= 0.3 is 0 Å². The number of benzene rings is 8. The van der Waals surface area contributed by atoms with Gasteiger partial charge in [0.15, 0.2) is 0 Å². The molecule has 3 aromatic heterocycles. The molecule has 270 valence electrons. The van der Waals surface area contributed by atoms with Crippen LogP contribution in [0.2, 0.25) is 0 Å². The molecule has 0 bridgehead atoms. The van der Waals surface area contributed by atoms with Crippen LogP contribution in [0, 0.1) is 0 Å². The van der Waals surface area contributed by atoms with Gasteiger partial charge in [-0.05, 0) is 71.3 Å². The summed E-state index contributed by atoms with van der Waals surface area (Å²) >= 11 is 0. The van der Waals surface area contributed by atoms with Crippen molar-refractivity contribution in [2.45, 2.75) is 12.3 Å². The molecule has 8 aromatic carbocycles. The van der Waals surface area contributed by atoms with Crippen molar-refractivity contribution in [2.75, 3.05) is 0 Å². The molecule has 0 saturated carbocycles. The molecule has 4 heterocycles. The Kier molecular flexibility index (Phi) is 7.03. The average Bonchev–Trinajstić information content (AvgIpc) is 3.95. The van der Waals surface area contributed by atoms with Gasteiger partial charge in [0.05, 0.1) is 11.0 Å². The van der Waals surface area contributed by atoms with E-state index in [0.29, 0.717) is 0 Å². The summed E-state index contributed by atoms with van der Waals surface area (Å²) in [6, 6.07) is 63.8. The van der Waals surface area contributed by atoms with Crippen LogP contribution in [0.15, 0.2) is 196 Å². The number of aliphatic imine (C=N–C) groups is 1. The van der Waals surface area contributed by atoms with E-state index in [-0.39, 0.29) is 12.3 Å². The third kappa shape index (κ3) is 5.12. The molecule has 57 heavy (non-hydrogen) atoms. The first kappa shape index (κ1) is 31.9. The summed E-state index contributed by atoms with van der Waals surface area (Å²) in [5.74, 6) is 0.841. The monoisotopic (exact) mass is 734 g/mol. The number of nitrogens with zero attached hydrogens (tertiary/aromatic N) is 2. The van der Waals surface area contributed by atoms with Crippen LogP contribution in [-0.2, 0) is 0 Å². The van der Waals surface area contributed by atoms with Crippen LogP contribution >= 0.6 is 0 Å². The van der Waals surface area contributed by atoms with Gasteiger partial charge in [0.25, 0.3) is 0 Å². The molecule has 12 rings (SSSR count). The molecular formula is C51H34N4O2. The zero-order valence-electron chi connectivity index (χ0n) is 30.7. The largest absolute Gasteiger partial charge is 0.456 e. The number of hydrogen-bond acceptors (Lipinski definition) is 5. The summed E-state index contributed by atoms with van der Waals surface area (Å²) in [6.45, 7) is 0. The predicted octanol–water partition coefficient (Wildman–Crippen LogP) is 12.6. The molecule has 2 atom stereocenters. The third-order valence-electron chi connectivity index (χ3n) is 11.5. The average molecular weight is 735 g/mol. The quantitative estimate of drug-likeness (QED) is 0.185. The smallest absolute Gasteiger partial charge is 0.142 e. The van der Waals surface area contributed by atoms with Crippen molar-refractivity contribution >= 4 is 71.5 Å². The van der Waals surface area contributed by atoms with Crippen molar-refractivity contribution in [1.82, 2.24) is 15.2 Å². The second-order valence-corrected chi connectivity index (χ2v) is 14.8. The zero-order chi connectivity index (χ0) is 37.5. The van der Waals surface area contributed by atoms with E-state index in [1.165, 1.54) is 21.8 Å². The van der Waals surface area contributed by atoms with Crippen molar-refractivity contribution in [3.63, 3.8) is 0 Å². The van der Waals surface area contributed by atoms with E-state index in [1.807, 2.05) is 24.3 Å². The van der Waals surface area contributed by atoms with Crippen LogP contribution in [0.1, 0.15) is 29.0 Å². The lowest BCUT2D eigenvalue weighted by molar-refractivity contribution is 0.408. The number of amidine groups is 1. The maximum absolute atomic E-state index is 6.81. The van der Waals surface area contributed by atoms with Gasteiger partial charge in [-0.2, -0.15) is 0 Å². The Bertz CT molecular complexity index is 3320. The minimum absolute atomic E-state index is 0.231. The Hall–Kier alpha value is -7.41. The number of nitrogens with one attached hydrogen (secondary N) is 2. The molecule has 0 aliphatic carbocycles. The topological polar surface area (TPSA) is 67.6 Å². The maximum Gasteiger partial charge on any atom is 0.142 e. The molecule has 0 fully saturated rings. The van der Waals surface area contributed by atoms with E-state index in [0.717, 1.165) is 83.2 Å². The Morgan fingerprint density at radius 3 is 1.89 bits per heavy atom. The summed E-state index contributed by atoms with van der Waals surface area (Å²) in [5, 5.41) is 14.2. The lowest BCUT2D eigenvalue weighted by Gasteiger charge is -2.32.